The highest BCUT2D eigenvalue weighted by Gasteiger charge is 2.14. The molecule has 84 valence electrons. The van der Waals surface area contributed by atoms with Gasteiger partial charge in [-0.15, -0.1) is 11.6 Å². The van der Waals surface area contributed by atoms with E-state index < -0.39 is 6.10 Å². The number of alkyl halides is 1. The molecule has 1 aromatic heterocycles. The molecule has 0 saturated heterocycles. The average molecular weight is 238 g/mol. The quantitative estimate of drug-likeness (QED) is 0.835. The second-order valence-electron chi connectivity index (χ2n) is 3.45. The minimum Gasteiger partial charge on any atom is -0.481 e. The van der Waals surface area contributed by atoms with E-state index in [0.29, 0.717) is 11.4 Å². The normalized spacial score (nSPS) is 12.7. The maximum Gasteiger partial charge on any atom is 0.219 e. The molecule has 3 nitrogen and oxygen atoms in total. The van der Waals surface area contributed by atoms with Gasteiger partial charge in [0.25, 0.3) is 0 Å². The molecule has 0 amide bonds. The molecule has 1 unspecified atom stereocenters. The summed E-state index contributed by atoms with van der Waals surface area (Å²) < 4.78 is 5.15. The predicted molar refractivity (Wildman–Crippen MR) is 64.0 cm³/mol. The van der Waals surface area contributed by atoms with Crippen LogP contribution in [0.4, 0.5) is 0 Å². The van der Waals surface area contributed by atoms with Crippen molar-refractivity contribution in [1.82, 2.24) is 4.98 Å². The minimum atomic E-state index is -0.756. The Morgan fingerprint density at radius 2 is 2.19 bits per heavy atom. The number of pyridine rings is 1. The molecule has 0 bridgehead atoms. The fourth-order valence-corrected chi connectivity index (χ4v) is 1.77. The maximum absolute atomic E-state index is 9.75. The highest BCUT2D eigenvalue weighted by atomic mass is 35.5. The SMILES string of the molecule is COc1nc2ccccc2cc1C(O)CCl. The van der Waals surface area contributed by atoms with Gasteiger partial charge in [0.1, 0.15) is 0 Å². The fraction of sp³-hybridized carbons (Fsp3) is 0.250. The molecule has 4 heteroatoms. The van der Waals surface area contributed by atoms with E-state index in [1.165, 1.54) is 7.11 Å². The molecule has 1 aromatic carbocycles. The second kappa shape index (κ2) is 4.68. The molecule has 0 aliphatic carbocycles. The van der Waals surface area contributed by atoms with Crippen molar-refractivity contribution in [3.05, 3.63) is 35.9 Å². The first-order valence-corrected chi connectivity index (χ1v) is 5.47. The summed E-state index contributed by atoms with van der Waals surface area (Å²) in [4.78, 5) is 4.32. The Balaban J connectivity index is 2.62. The van der Waals surface area contributed by atoms with Crippen LogP contribution in [0.1, 0.15) is 11.7 Å². The Bertz CT molecular complexity index is 501. The second-order valence-corrected chi connectivity index (χ2v) is 3.76. The first kappa shape index (κ1) is 11.2. The van der Waals surface area contributed by atoms with Gasteiger partial charge < -0.3 is 9.84 Å². The number of halogens is 1. The third-order valence-electron chi connectivity index (χ3n) is 2.42. The zero-order chi connectivity index (χ0) is 11.5. The number of aliphatic hydroxyl groups excluding tert-OH is 1. The van der Waals surface area contributed by atoms with Crippen molar-refractivity contribution in [2.45, 2.75) is 6.10 Å². The molecule has 1 N–H and O–H groups in total. The molecule has 0 aliphatic rings. The largest absolute Gasteiger partial charge is 0.481 e. The summed E-state index contributed by atoms with van der Waals surface area (Å²) in [5.41, 5.74) is 1.46. The minimum absolute atomic E-state index is 0.121. The van der Waals surface area contributed by atoms with Gasteiger partial charge in [0.15, 0.2) is 0 Å². The lowest BCUT2D eigenvalue weighted by Gasteiger charge is -2.12. The summed E-state index contributed by atoms with van der Waals surface area (Å²) in [7, 11) is 1.53. The number of rotatable bonds is 3. The number of methoxy groups -OCH3 is 1. The summed E-state index contributed by atoms with van der Waals surface area (Å²) in [6.07, 6.45) is -0.756. The Morgan fingerprint density at radius 1 is 1.44 bits per heavy atom. The Labute approximate surface area is 98.6 Å². The van der Waals surface area contributed by atoms with Crippen molar-refractivity contribution >= 4 is 22.5 Å². The molecule has 0 radical (unpaired) electrons. The number of nitrogens with zero attached hydrogens (tertiary/aromatic N) is 1. The van der Waals surface area contributed by atoms with Crippen molar-refractivity contribution in [2.75, 3.05) is 13.0 Å². The van der Waals surface area contributed by atoms with Gasteiger partial charge in [0.2, 0.25) is 5.88 Å². The lowest BCUT2D eigenvalue weighted by Crippen LogP contribution is -2.03. The third-order valence-corrected chi connectivity index (χ3v) is 2.71. The van der Waals surface area contributed by atoms with E-state index in [4.69, 9.17) is 16.3 Å². The van der Waals surface area contributed by atoms with Gasteiger partial charge in [0.05, 0.1) is 24.6 Å². The molecule has 2 aromatic rings. The average Bonchev–Trinajstić information content (AvgIpc) is 2.36. The molecule has 0 saturated carbocycles. The first-order valence-electron chi connectivity index (χ1n) is 4.94. The van der Waals surface area contributed by atoms with Crippen LogP contribution in [0.5, 0.6) is 5.88 Å². The van der Waals surface area contributed by atoms with Crippen molar-refractivity contribution in [3.63, 3.8) is 0 Å². The number of aliphatic hydroxyl groups is 1. The van der Waals surface area contributed by atoms with Gasteiger partial charge in [-0.25, -0.2) is 4.98 Å². The van der Waals surface area contributed by atoms with Gasteiger partial charge in [0, 0.05) is 10.9 Å². The van der Waals surface area contributed by atoms with Gasteiger partial charge in [-0.2, -0.15) is 0 Å². The van der Waals surface area contributed by atoms with E-state index in [9.17, 15) is 5.11 Å². The summed E-state index contributed by atoms with van der Waals surface area (Å²) in [5.74, 6) is 0.544. The fourth-order valence-electron chi connectivity index (χ4n) is 1.60. The number of aromatic nitrogens is 1. The van der Waals surface area contributed by atoms with Gasteiger partial charge >= 0.3 is 0 Å². The van der Waals surface area contributed by atoms with E-state index in [1.807, 2.05) is 30.3 Å². The number of fused-ring (bicyclic) bond motifs is 1. The molecule has 16 heavy (non-hydrogen) atoms. The lowest BCUT2D eigenvalue weighted by atomic mass is 10.1. The molecule has 1 heterocycles. The maximum atomic E-state index is 9.75. The first-order chi connectivity index (χ1) is 7.76. The van der Waals surface area contributed by atoms with E-state index in [0.717, 1.165) is 10.9 Å². The molecule has 0 aliphatic heterocycles. The number of para-hydroxylation sites is 1. The van der Waals surface area contributed by atoms with E-state index in [-0.39, 0.29) is 5.88 Å². The molecular formula is C12H12ClNO2. The van der Waals surface area contributed by atoms with Crippen molar-refractivity contribution in [1.29, 1.82) is 0 Å². The van der Waals surface area contributed by atoms with Crippen molar-refractivity contribution < 1.29 is 9.84 Å². The van der Waals surface area contributed by atoms with Gasteiger partial charge in [-0.05, 0) is 12.1 Å². The summed E-state index contributed by atoms with van der Waals surface area (Å²) >= 11 is 5.63. The summed E-state index contributed by atoms with van der Waals surface area (Å²) in [6.45, 7) is 0. The standard InChI is InChI=1S/C12H12ClNO2/c1-16-12-9(11(15)7-13)6-8-4-2-3-5-10(8)14-12/h2-6,11,15H,7H2,1H3. The molecule has 0 fully saturated rings. The van der Waals surface area contributed by atoms with Crippen molar-refractivity contribution in [3.8, 4) is 5.88 Å². The molecule has 1 atom stereocenters. The molecular weight excluding hydrogens is 226 g/mol. The zero-order valence-electron chi connectivity index (χ0n) is 8.85. The van der Waals surface area contributed by atoms with Gasteiger partial charge in [-0.3, -0.25) is 0 Å². The van der Waals surface area contributed by atoms with E-state index in [1.54, 1.807) is 0 Å². The van der Waals surface area contributed by atoms with Crippen LogP contribution in [0, 0.1) is 0 Å². The monoisotopic (exact) mass is 237 g/mol. The Kier molecular flexibility index (Phi) is 3.27. The van der Waals surface area contributed by atoms with Gasteiger partial charge in [-0.1, -0.05) is 18.2 Å². The highest BCUT2D eigenvalue weighted by molar-refractivity contribution is 6.18. The predicted octanol–water partition coefficient (Wildman–Crippen LogP) is 2.52. The highest BCUT2D eigenvalue weighted by Crippen LogP contribution is 2.27. The summed E-state index contributed by atoms with van der Waals surface area (Å²) in [6, 6.07) is 9.52. The van der Waals surface area contributed by atoms with Crippen LogP contribution in [0.15, 0.2) is 30.3 Å². The Hall–Kier alpha value is -1.32. The lowest BCUT2D eigenvalue weighted by molar-refractivity contribution is 0.196. The number of hydrogen-bond acceptors (Lipinski definition) is 3. The summed E-state index contributed by atoms with van der Waals surface area (Å²) in [5, 5.41) is 10.7. The number of hydrogen-bond donors (Lipinski definition) is 1. The van der Waals surface area contributed by atoms with Crippen LogP contribution in [0.25, 0.3) is 10.9 Å². The molecule has 0 spiro atoms. The third kappa shape index (κ3) is 1.96. The number of ether oxygens (including phenoxy) is 1. The number of benzene rings is 1. The van der Waals surface area contributed by atoms with E-state index in [2.05, 4.69) is 4.98 Å². The zero-order valence-corrected chi connectivity index (χ0v) is 9.61. The smallest absolute Gasteiger partial charge is 0.219 e. The van der Waals surface area contributed by atoms with Crippen LogP contribution >= 0.6 is 11.6 Å². The topological polar surface area (TPSA) is 42.4 Å². The van der Waals surface area contributed by atoms with Crippen LogP contribution in [-0.2, 0) is 0 Å². The van der Waals surface area contributed by atoms with Crippen LogP contribution < -0.4 is 4.74 Å². The Morgan fingerprint density at radius 3 is 2.88 bits per heavy atom. The molecule has 2 rings (SSSR count). The van der Waals surface area contributed by atoms with Crippen LogP contribution in [0.3, 0.4) is 0 Å². The van der Waals surface area contributed by atoms with Crippen LogP contribution in [-0.4, -0.2) is 23.1 Å². The van der Waals surface area contributed by atoms with Crippen LogP contribution in [0.2, 0.25) is 0 Å². The van der Waals surface area contributed by atoms with Crippen molar-refractivity contribution in [2.24, 2.45) is 0 Å². The van der Waals surface area contributed by atoms with E-state index >= 15 is 0 Å².